The smallest absolute Gasteiger partial charge is 0.257 e. The fourth-order valence-corrected chi connectivity index (χ4v) is 4.08. The van der Waals surface area contributed by atoms with Gasteiger partial charge in [-0.2, -0.15) is 9.97 Å². The average Bonchev–Trinajstić information content (AvgIpc) is 3.20. The Kier molecular flexibility index (Phi) is 5.67. The van der Waals surface area contributed by atoms with Crippen molar-refractivity contribution in [3.05, 3.63) is 29.5 Å². The fourth-order valence-electron chi connectivity index (χ4n) is 4.08. The number of H-pyrrole nitrogens is 1. The minimum Gasteiger partial charge on any atom is -0.485 e. The van der Waals surface area contributed by atoms with Gasteiger partial charge in [0.25, 0.3) is 5.91 Å². The molecule has 0 spiro atoms. The number of nitrogens with one attached hydrogen (secondary N) is 3. The first-order valence-corrected chi connectivity index (χ1v) is 11.2. The number of ether oxygens (including phenoxy) is 3. The number of carbonyl (C=O) groups is 1. The number of anilines is 3. The summed E-state index contributed by atoms with van der Waals surface area (Å²) in [4.78, 5) is 27.4. The molecule has 0 bridgehead atoms. The molecule has 0 radical (unpaired) electrons. The van der Waals surface area contributed by atoms with Gasteiger partial charge in [-0.05, 0) is 38.5 Å². The van der Waals surface area contributed by atoms with Crippen molar-refractivity contribution in [3.63, 3.8) is 0 Å². The standard InChI is InChI=1S/C23H28N6O4/c1-13(2)25-21-17-14(3)12-24-20(17)27-23(28-21)26-16-5-4-15(18-19(16)33-11-10-32-18)22(30)29-6-8-31-9-7-29/h4-5,12-13H,6-11H2,1-3H3,(H3,24,25,26,27,28). The molecule has 0 aliphatic carbocycles. The molecule has 1 aromatic carbocycles. The highest BCUT2D eigenvalue weighted by atomic mass is 16.6. The topological polar surface area (TPSA) is 114 Å². The predicted molar refractivity (Wildman–Crippen MR) is 125 cm³/mol. The molecule has 5 rings (SSSR count). The minimum atomic E-state index is -0.0884. The van der Waals surface area contributed by atoms with E-state index in [1.165, 1.54) is 0 Å². The third-order valence-electron chi connectivity index (χ3n) is 5.62. The van der Waals surface area contributed by atoms with Gasteiger partial charge < -0.3 is 34.7 Å². The summed E-state index contributed by atoms with van der Waals surface area (Å²) in [6.45, 7) is 9.12. The van der Waals surface area contributed by atoms with Crippen LogP contribution in [0.3, 0.4) is 0 Å². The first-order chi connectivity index (χ1) is 16.0. The lowest BCUT2D eigenvalue weighted by Crippen LogP contribution is -2.41. The van der Waals surface area contributed by atoms with Crippen LogP contribution < -0.4 is 20.1 Å². The molecule has 2 aromatic heterocycles. The number of amides is 1. The Balaban J connectivity index is 1.50. The Morgan fingerprint density at radius 2 is 1.85 bits per heavy atom. The molecule has 3 N–H and O–H groups in total. The second-order valence-electron chi connectivity index (χ2n) is 8.44. The van der Waals surface area contributed by atoms with Gasteiger partial charge in [0.15, 0.2) is 11.5 Å². The molecule has 1 saturated heterocycles. The average molecular weight is 453 g/mol. The maximum atomic E-state index is 13.1. The second kappa shape index (κ2) is 8.78. The van der Waals surface area contributed by atoms with Crippen LogP contribution in [0.25, 0.3) is 11.0 Å². The van der Waals surface area contributed by atoms with Crippen molar-refractivity contribution in [2.24, 2.45) is 0 Å². The van der Waals surface area contributed by atoms with Crippen LogP contribution in [0.15, 0.2) is 18.3 Å². The van der Waals surface area contributed by atoms with Gasteiger partial charge in [0.1, 0.15) is 24.7 Å². The molecule has 10 heteroatoms. The van der Waals surface area contributed by atoms with E-state index >= 15 is 0 Å². The van der Waals surface area contributed by atoms with E-state index in [-0.39, 0.29) is 11.9 Å². The minimum absolute atomic E-state index is 0.0884. The van der Waals surface area contributed by atoms with E-state index < -0.39 is 0 Å². The monoisotopic (exact) mass is 452 g/mol. The number of rotatable bonds is 5. The number of aromatic amines is 1. The van der Waals surface area contributed by atoms with Gasteiger partial charge >= 0.3 is 0 Å². The van der Waals surface area contributed by atoms with Crippen LogP contribution in [0, 0.1) is 6.92 Å². The van der Waals surface area contributed by atoms with Crippen molar-refractivity contribution >= 4 is 34.4 Å². The summed E-state index contributed by atoms with van der Waals surface area (Å²) in [5.41, 5.74) is 2.93. The molecule has 10 nitrogen and oxygen atoms in total. The van der Waals surface area contributed by atoms with E-state index in [9.17, 15) is 4.79 Å². The summed E-state index contributed by atoms with van der Waals surface area (Å²) in [5.74, 6) is 2.01. The van der Waals surface area contributed by atoms with Gasteiger partial charge in [0.2, 0.25) is 5.95 Å². The summed E-state index contributed by atoms with van der Waals surface area (Å²) in [5, 5.41) is 7.62. The molecular weight excluding hydrogens is 424 g/mol. The van der Waals surface area contributed by atoms with Crippen molar-refractivity contribution in [1.82, 2.24) is 19.9 Å². The zero-order valence-corrected chi connectivity index (χ0v) is 19.0. The Hall–Kier alpha value is -3.53. The molecule has 33 heavy (non-hydrogen) atoms. The zero-order valence-electron chi connectivity index (χ0n) is 19.0. The van der Waals surface area contributed by atoms with Crippen LogP contribution in [0.4, 0.5) is 17.5 Å². The van der Waals surface area contributed by atoms with Crippen molar-refractivity contribution in [2.75, 3.05) is 50.2 Å². The van der Waals surface area contributed by atoms with E-state index in [1.54, 1.807) is 11.0 Å². The quantitative estimate of drug-likeness (QED) is 0.541. The Labute approximate surface area is 191 Å². The van der Waals surface area contributed by atoms with Gasteiger partial charge in [-0.25, -0.2) is 0 Å². The van der Waals surface area contributed by atoms with Crippen LogP contribution >= 0.6 is 0 Å². The van der Waals surface area contributed by atoms with E-state index in [0.717, 1.165) is 22.4 Å². The molecule has 1 fully saturated rings. The molecule has 0 atom stereocenters. The summed E-state index contributed by atoms with van der Waals surface area (Å²) in [6, 6.07) is 3.78. The first-order valence-electron chi connectivity index (χ1n) is 11.2. The molecule has 174 valence electrons. The van der Waals surface area contributed by atoms with Crippen LogP contribution in [-0.4, -0.2) is 71.3 Å². The first kappa shape index (κ1) is 21.3. The second-order valence-corrected chi connectivity index (χ2v) is 8.44. The number of benzene rings is 1. The summed E-state index contributed by atoms with van der Waals surface area (Å²) < 4.78 is 17.2. The number of carbonyl (C=O) groups excluding carboxylic acids is 1. The maximum absolute atomic E-state index is 13.1. The molecule has 3 aromatic rings. The third kappa shape index (κ3) is 4.13. The Bertz CT molecular complexity index is 1190. The van der Waals surface area contributed by atoms with Crippen LogP contribution in [-0.2, 0) is 4.74 Å². The number of aryl methyl sites for hydroxylation is 1. The van der Waals surface area contributed by atoms with Crippen molar-refractivity contribution in [3.8, 4) is 11.5 Å². The number of hydrogen-bond donors (Lipinski definition) is 3. The normalized spacial score (nSPS) is 15.7. The van der Waals surface area contributed by atoms with Crippen LogP contribution in [0.1, 0.15) is 29.8 Å². The molecule has 4 heterocycles. The van der Waals surface area contributed by atoms with Gasteiger partial charge in [-0.3, -0.25) is 4.79 Å². The lowest BCUT2D eigenvalue weighted by atomic mass is 10.1. The van der Waals surface area contributed by atoms with Crippen LogP contribution in [0.2, 0.25) is 0 Å². The summed E-state index contributed by atoms with van der Waals surface area (Å²) >= 11 is 0. The third-order valence-corrected chi connectivity index (χ3v) is 5.62. The van der Waals surface area contributed by atoms with Gasteiger partial charge in [0.05, 0.1) is 29.9 Å². The van der Waals surface area contributed by atoms with Gasteiger partial charge in [0, 0.05) is 25.3 Å². The SMILES string of the molecule is Cc1c[nH]c2nc(Nc3ccc(C(=O)N4CCOCC4)c4c3OCCO4)nc(NC(C)C)c12. The van der Waals surface area contributed by atoms with E-state index in [1.807, 2.05) is 19.2 Å². The number of fused-ring (bicyclic) bond motifs is 2. The molecule has 2 aliphatic rings. The van der Waals surface area contributed by atoms with Gasteiger partial charge in [-0.1, -0.05) is 0 Å². The number of aromatic nitrogens is 3. The molecule has 0 unspecified atom stereocenters. The zero-order chi connectivity index (χ0) is 22.9. The summed E-state index contributed by atoms with van der Waals surface area (Å²) in [7, 11) is 0. The van der Waals surface area contributed by atoms with E-state index in [0.29, 0.717) is 68.2 Å². The lowest BCUT2D eigenvalue weighted by molar-refractivity contribution is 0.0298. The van der Waals surface area contributed by atoms with E-state index in [2.05, 4.69) is 34.4 Å². The van der Waals surface area contributed by atoms with Gasteiger partial charge in [-0.15, -0.1) is 0 Å². The highest BCUT2D eigenvalue weighted by Gasteiger charge is 2.28. The van der Waals surface area contributed by atoms with E-state index in [4.69, 9.17) is 19.2 Å². The number of nitrogens with zero attached hydrogens (tertiary/aromatic N) is 3. The molecule has 1 amide bonds. The molecule has 2 aliphatic heterocycles. The molecule has 0 saturated carbocycles. The van der Waals surface area contributed by atoms with Crippen LogP contribution in [0.5, 0.6) is 11.5 Å². The highest BCUT2D eigenvalue weighted by molar-refractivity contribution is 5.99. The Morgan fingerprint density at radius 1 is 1.09 bits per heavy atom. The maximum Gasteiger partial charge on any atom is 0.257 e. The van der Waals surface area contributed by atoms with Crippen molar-refractivity contribution < 1.29 is 19.0 Å². The lowest BCUT2D eigenvalue weighted by Gasteiger charge is -2.29. The van der Waals surface area contributed by atoms with Crippen molar-refractivity contribution in [1.29, 1.82) is 0 Å². The van der Waals surface area contributed by atoms with Crippen molar-refractivity contribution in [2.45, 2.75) is 26.8 Å². The molecular formula is C23H28N6O4. The highest BCUT2D eigenvalue weighted by Crippen LogP contribution is 2.42. The summed E-state index contributed by atoms with van der Waals surface area (Å²) in [6.07, 6.45) is 1.92. The Morgan fingerprint density at radius 3 is 2.61 bits per heavy atom. The fraction of sp³-hybridized carbons (Fsp3) is 0.435. The number of morpholine rings is 1. The number of hydrogen-bond acceptors (Lipinski definition) is 8. The largest absolute Gasteiger partial charge is 0.485 e. The predicted octanol–water partition coefficient (Wildman–Crippen LogP) is 3.07.